The molecule has 1 aromatic heterocycles. The van der Waals surface area contributed by atoms with Crippen LogP contribution in [0.3, 0.4) is 0 Å². The molecule has 0 aliphatic carbocycles. The van der Waals surface area contributed by atoms with Crippen LogP contribution in [0.1, 0.15) is 27.7 Å². The minimum atomic E-state index is -4.69. The second-order valence-corrected chi connectivity index (χ2v) is 8.36. The van der Waals surface area contributed by atoms with Gasteiger partial charge in [0.1, 0.15) is 22.4 Å². The van der Waals surface area contributed by atoms with E-state index in [0.29, 0.717) is 17.0 Å². The average molecular weight is 521 g/mol. The lowest BCUT2D eigenvalue weighted by Gasteiger charge is -2.15. The van der Waals surface area contributed by atoms with E-state index >= 15 is 0 Å². The molecule has 0 amide bonds. The second kappa shape index (κ2) is 11.3. The number of hydrogen-bond donors (Lipinski definition) is 2. The Bertz CT molecular complexity index is 1100. The highest BCUT2D eigenvalue weighted by Gasteiger charge is 2.35. The predicted octanol–water partition coefficient (Wildman–Crippen LogP) is 4.87. The molecule has 3 rings (SSSR count). The number of nitrogens with two attached hydrogens (primary N) is 1. The standard InChI is InChI=1S/C22H21F6N3O3S/c23-21(24,25)15-4-1-13(2-5-15)7-8-33-9-10-34-18-6-3-14(11-16(18)22(26,27)28)19-30-31-20(35-19)17(29)12-32/h1-6,11,17,32H,7-10,12,29H2. The molecule has 0 saturated carbocycles. The van der Waals surface area contributed by atoms with Gasteiger partial charge in [0.05, 0.1) is 37.0 Å². The van der Waals surface area contributed by atoms with Gasteiger partial charge in [0, 0.05) is 5.56 Å². The van der Waals surface area contributed by atoms with E-state index in [0.717, 1.165) is 29.5 Å². The largest absolute Gasteiger partial charge is 0.491 e. The number of aliphatic hydroxyl groups is 1. The van der Waals surface area contributed by atoms with Crippen LogP contribution in [0.25, 0.3) is 10.6 Å². The van der Waals surface area contributed by atoms with Gasteiger partial charge >= 0.3 is 12.4 Å². The van der Waals surface area contributed by atoms with E-state index in [4.69, 9.17) is 20.3 Å². The van der Waals surface area contributed by atoms with Crippen LogP contribution in [0.5, 0.6) is 5.75 Å². The van der Waals surface area contributed by atoms with Crippen molar-refractivity contribution in [3.05, 3.63) is 64.2 Å². The van der Waals surface area contributed by atoms with Crippen molar-refractivity contribution in [3.63, 3.8) is 0 Å². The van der Waals surface area contributed by atoms with E-state index in [9.17, 15) is 26.3 Å². The molecule has 1 heterocycles. The van der Waals surface area contributed by atoms with E-state index in [1.54, 1.807) is 0 Å². The first kappa shape index (κ1) is 26.9. The summed E-state index contributed by atoms with van der Waals surface area (Å²) in [6.07, 6.45) is -8.76. The Balaban J connectivity index is 1.54. The zero-order chi connectivity index (χ0) is 25.6. The van der Waals surface area contributed by atoms with E-state index < -0.39 is 29.5 Å². The number of benzene rings is 2. The number of nitrogens with zero attached hydrogens (tertiary/aromatic N) is 2. The first-order valence-electron chi connectivity index (χ1n) is 10.3. The highest BCUT2D eigenvalue weighted by molar-refractivity contribution is 7.14. The molecule has 0 spiro atoms. The number of halogens is 6. The molecule has 1 atom stereocenters. The fourth-order valence-electron chi connectivity index (χ4n) is 2.95. The molecule has 0 bridgehead atoms. The molecule has 2 aromatic carbocycles. The Hall–Kier alpha value is -2.74. The van der Waals surface area contributed by atoms with Crippen molar-refractivity contribution in [1.29, 1.82) is 0 Å². The average Bonchev–Trinajstić information content (AvgIpc) is 3.30. The summed E-state index contributed by atoms with van der Waals surface area (Å²) >= 11 is 0.980. The minimum Gasteiger partial charge on any atom is -0.491 e. The molecule has 3 N–H and O–H groups in total. The molecule has 35 heavy (non-hydrogen) atoms. The Kier molecular flexibility index (Phi) is 8.70. The van der Waals surface area contributed by atoms with Gasteiger partial charge in [-0.1, -0.05) is 23.5 Å². The van der Waals surface area contributed by atoms with Crippen LogP contribution < -0.4 is 10.5 Å². The van der Waals surface area contributed by atoms with Crippen molar-refractivity contribution < 1.29 is 40.9 Å². The van der Waals surface area contributed by atoms with Crippen molar-refractivity contribution in [2.45, 2.75) is 24.8 Å². The molecule has 3 aromatic rings. The van der Waals surface area contributed by atoms with Crippen molar-refractivity contribution >= 4 is 11.3 Å². The number of aliphatic hydroxyl groups excluding tert-OH is 1. The van der Waals surface area contributed by atoms with Gasteiger partial charge in [0.25, 0.3) is 0 Å². The number of rotatable bonds is 10. The van der Waals surface area contributed by atoms with E-state index in [2.05, 4.69) is 10.2 Å². The molecule has 0 saturated heterocycles. The summed E-state index contributed by atoms with van der Waals surface area (Å²) in [4.78, 5) is 0. The maximum absolute atomic E-state index is 13.6. The van der Waals surface area contributed by atoms with Gasteiger partial charge in [-0.2, -0.15) is 26.3 Å². The predicted molar refractivity (Wildman–Crippen MR) is 116 cm³/mol. The van der Waals surface area contributed by atoms with Crippen molar-refractivity contribution in [2.75, 3.05) is 26.4 Å². The summed E-state index contributed by atoms with van der Waals surface area (Å²) in [5.41, 5.74) is 4.72. The zero-order valence-corrected chi connectivity index (χ0v) is 18.9. The maximum atomic E-state index is 13.6. The van der Waals surface area contributed by atoms with Gasteiger partial charge in [-0.3, -0.25) is 0 Å². The molecule has 1 unspecified atom stereocenters. The number of hydrogen-bond acceptors (Lipinski definition) is 7. The van der Waals surface area contributed by atoms with Crippen LogP contribution >= 0.6 is 11.3 Å². The lowest BCUT2D eigenvalue weighted by molar-refractivity contribution is -0.139. The van der Waals surface area contributed by atoms with Crippen LogP contribution in [-0.2, 0) is 23.5 Å². The summed E-state index contributed by atoms with van der Waals surface area (Å²) < 4.78 is 89.1. The lowest BCUT2D eigenvalue weighted by Crippen LogP contribution is -2.13. The number of ether oxygens (including phenoxy) is 2. The van der Waals surface area contributed by atoms with Gasteiger partial charge in [-0.05, 0) is 42.3 Å². The minimum absolute atomic E-state index is 0.0154. The van der Waals surface area contributed by atoms with E-state index in [-0.39, 0.29) is 42.7 Å². The van der Waals surface area contributed by atoms with Crippen molar-refractivity contribution in [1.82, 2.24) is 10.2 Å². The van der Waals surface area contributed by atoms with E-state index in [1.165, 1.54) is 24.3 Å². The molecule has 6 nitrogen and oxygen atoms in total. The Labute approximate surface area is 200 Å². The smallest absolute Gasteiger partial charge is 0.419 e. The summed E-state index contributed by atoms with van der Waals surface area (Å²) in [6, 6.07) is 7.35. The fourth-order valence-corrected chi connectivity index (χ4v) is 3.78. The monoisotopic (exact) mass is 521 g/mol. The van der Waals surface area contributed by atoms with Crippen LogP contribution in [0, 0.1) is 0 Å². The first-order valence-corrected chi connectivity index (χ1v) is 11.1. The highest BCUT2D eigenvalue weighted by atomic mass is 32.1. The molecule has 0 radical (unpaired) electrons. The summed E-state index contributed by atoms with van der Waals surface area (Å²) in [6.45, 7) is -0.390. The van der Waals surface area contributed by atoms with Gasteiger partial charge < -0.3 is 20.3 Å². The third-order valence-electron chi connectivity index (χ3n) is 4.79. The molecule has 0 fully saturated rings. The van der Waals surface area contributed by atoms with Gasteiger partial charge in [0.15, 0.2) is 0 Å². The SMILES string of the molecule is NC(CO)c1nnc(-c2ccc(OCCOCCc3ccc(C(F)(F)F)cc3)c(C(F)(F)F)c2)s1. The Morgan fingerprint density at radius 1 is 0.914 bits per heavy atom. The summed E-state index contributed by atoms with van der Waals surface area (Å²) in [5.74, 6) is -0.385. The summed E-state index contributed by atoms with van der Waals surface area (Å²) in [5, 5.41) is 17.2. The normalized spacial score (nSPS) is 13.1. The van der Waals surface area contributed by atoms with Gasteiger partial charge in [-0.15, -0.1) is 10.2 Å². The van der Waals surface area contributed by atoms with Crippen LogP contribution in [0.2, 0.25) is 0 Å². The third-order valence-corrected chi connectivity index (χ3v) is 5.89. The number of alkyl halides is 6. The second-order valence-electron chi connectivity index (χ2n) is 7.35. The molecule has 0 aliphatic heterocycles. The molecular weight excluding hydrogens is 500 g/mol. The molecule has 190 valence electrons. The maximum Gasteiger partial charge on any atom is 0.419 e. The van der Waals surface area contributed by atoms with Crippen molar-refractivity contribution in [2.24, 2.45) is 5.73 Å². The van der Waals surface area contributed by atoms with Crippen molar-refractivity contribution in [3.8, 4) is 16.3 Å². The third kappa shape index (κ3) is 7.37. The van der Waals surface area contributed by atoms with Crippen LogP contribution in [-0.4, -0.2) is 41.7 Å². The zero-order valence-electron chi connectivity index (χ0n) is 18.1. The molecule has 0 aliphatic rings. The Morgan fingerprint density at radius 3 is 2.26 bits per heavy atom. The van der Waals surface area contributed by atoms with Crippen LogP contribution in [0.4, 0.5) is 26.3 Å². The van der Waals surface area contributed by atoms with Crippen LogP contribution in [0.15, 0.2) is 42.5 Å². The highest BCUT2D eigenvalue weighted by Crippen LogP contribution is 2.39. The molecule has 13 heteroatoms. The lowest BCUT2D eigenvalue weighted by atomic mass is 10.1. The summed E-state index contributed by atoms with van der Waals surface area (Å²) in [7, 11) is 0. The first-order chi connectivity index (χ1) is 16.5. The number of aromatic nitrogens is 2. The Morgan fingerprint density at radius 2 is 1.63 bits per heavy atom. The topological polar surface area (TPSA) is 90.5 Å². The fraction of sp³-hybridized carbons (Fsp3) is 0.364. The van der Waals surface area contributed by atoms with Gasteiger partial charge in [-0.25, -0.2) is 0 Å². The van der Waals surface area contributed by atoms with Gasteiger partial charge in [0.2, 0.25) is 0 Å². The molecular formula is C22H21F6N3O3S. The quantitative estimate of drug-likeness (QED) is 0.292. The van der Waals surface area contributed by atoms with E-state index in [1.807, 2.05) is 0 Å².